The SMILES string of the molecule is O=C(Cn1cc(-c2ccc(F)cc2Cl)c2c(N3CCCC3)ncnc21)N1CCC(n2c(=O)[nH]c3ccccc32)CC1. The van der Waals surface area contributed by atoms with Crippen molar-refractivity contribution in [3.05, 3.63) is 76.3 Å². The maximum Gasteiger partial charge on any atom is 0.326 e. The molecule has 5 aromatic rings. The largest absolute Gasteiger partial charge is 0.356 e. The van der Waals surface area contributed by atoms with E-state index in [0.29, 0.717) is 42.2 Å². The molecule has 2 aliphatic rings. The molecular formula is C30H29ClFN7O2. The van der Waals surface area contributed by atoms with Gasteiger partial charge in [-0.1, -0.05) is 23.7 Å². The Morgan fingerprint density at radius 2 is 1.80 bits per heavy atom. The molecule has 0 saturated carbocycles. The maximum absolute atomic E-state index is 13.9. The van der Waals surface area contributed by atoms with Crippen molar-refractivity contribution in [2.75, 3.05) is 31.1 Å². The van der Waals surface area contributed by atoms with Gasteiger partial charge in [0.05, 0.1) is 21.4 Å². The molecule has 2 saturated heterocycles. The number of halogens is 2. The van der Waals surface area contributed by atoms with Gasteiger partial charge in [0, 0.05) is 49.5 Å². The summed E-state index contributed by atoms with van der Waals surface area (Å²) in [5.74, 6) is 0.371. The first-order chi connectivity index (χ1) is 20.0. The molecule has 3 aromatic heterocycles. The Labute approximate surface area is 240 Å². The molecule has 11 heteroatoms. The number of aromatic amines is 1. The Balaban J connectivity index is 1.17. The third kappa shape index (κ3) is 4.56. The smallest absolute Gasteiger partial charge is 0.326 e. The molecule has 210 valence electrons. The Kier molecular flexibility index (Phi) is 6.50. The Morgan fingerprint density at radius 3 is 2.59 bits per heavy atom. The lowest BCUT2D eigenvalue weighted by Gasteiger charge is -2.32. The number of likely N-dealkylation sites (tertiary alicyclic amines) is 1. The minimum Gasteiger partial charge on any atom is -0.356 e. The molecule has 0 aliphatic carbocycles. The molecule has 2 aliphatic heterocycles. The standard InChI is InChI=1S/C30H29ClFN7O2/c31-23-15-19(32)7-8-21(23)22-16-38(29-27(22)28(33-18-34-29)37-11-3-4-12-37)17-26(40)36-13-9-20(10-14-36)39-25-6-2-1-5-24(25)35-30(39)41/h1-2,5-8,15-16,18,20H,3-4,9-14,17H2,(H,35,41). The van der Waals surface area contributed by atoms with Crippen molar-refractivity contribution >= 4 is 45.4 Å². The molecule has 0 radical (unpaired) electrons. The van der Waals surface area contributed by atoms with Gasteiger partial charge in [0.15, 0.2) is 0 Å². The van der Waals surface area contributed by atoms with E-state index < -0.39 is 5.82 Å². The molecule has 0 atom stereocenters. The molecule has 7 rings (SSSR count). The second-order valence-electron chi connectivity index (χ2n) is 10.8. The van der Waals surface area contributed by atoms with Crippen molar-refractivity contribution in [2.45, 2.75) is 38.3 Å². The number of hydrogen-bond donors (Lipinski definition) is 1. The van der Waals surface area contributed by atoms with Crippen LogP contribution in [0.3, 0.4) is 0 Å². The van der Waals surface area contributed by atoms with Gasteiger partial charge in [0.25, 0.3) is 0 Å². The van der Waals surface area contributed by atoms with Crippen LogP contribution in [0.15, 0.2) is 59.8 Å². The number of nitrogens with zero attached hydrogens (tertiary/aromatic N) is 6. The third-order valence-corrected chi connectivity index (χ3v) is 8.69. The summed E-state index contributed by atoms with van der Waals surface area (Å²) in [6, 6.07) is 12.1. The van der Waals surface area contributed by atoms with Gasteiger partial charge < -0.3 is 19.4 Å². The van der Waals surface area contributed by atoms with E-state index in [1.165, 1.54) is 18.5 Å². The maximum atomic E-state index is 13.9. The Bertz CT molecular complexity index is 1830. The van der Waals surface area contributed by atoms with Crippen LogP contribution in [-0.2, 0) is 11.3 Å². The number of aromatic nitrogens is 5. The highest BCUT2D eigenvalue weighted by Gasteiger charge is 2.28. The van der Waals surface area contributed by atoms with Crippen LogP contribution >= 0.6 is 11.6 Å². The fraction of sp³-hybridized carbons (Fsp3) is 0.333. The lowest BCUT2D eigenvalue weighted by atomic mass is 10.0. The number of rotatable bonds is 5. The molecule has 5 heterocycles. The van der Waals surface area contributed by atoms with Crippen LogP contribution in [-0.4, -0.2) is 61.1 Å². The van der Waals surface area contributed by atoms with Crippen molar-refractivity contribution in [3.63, 3.8) is 0 Å². The van der Waals surface area contributed by atoms with Crippen molar-refractivity contribution in [3.8, 4) is 11.1 Å². The van der Waals surface area contributed by atoms with Crippen LogP contribution in [0.2, 0.25) is 5.02 Å². The molecule has 0 bridgehead atoms. The van der Waals surface area contributed by atoms with E-state index in [-0.39, 0.29) is 24.2 Å². The fourth-order valence-electron chi connectivity index (χ4n) is 6.36. The van der Waals surface area contributed by atoms with E-state index in [1.807, 2.05) is 44.5 Å². The second kappa shape index (κ2) is 10.3. The van der Waals surface area contributed by atoms with Gasteiger partial charge in [-0.15, -0.1) is 0 Å². The van der Waals surface area contributed by atoms with Gasteiger partial charge in [0.2, 0.25) is 5.91 Å². The van der Waals surface area contributed by atoms with E-state index in [2.05, 4.69) is 19.9 Å². The predicted molar refractivity (Wildman–Crippen MR) is 157 cm³/mol. The van der Waals surface area contributed by atoms with E-state index >= 15 is 0 Å². The molecule has 41 heavy (non-hydrogen) atoms. The number of hydrogen-bond acceptors (Lipinski definition) is 5. The van der Waals surface area contributed by atoms with Gasteiger partial charge >= 0.3 is 5.69 Å². The lowest BCUT2D eigenvalue weighted by molar-refractivity contribution is -0.133. The van der Waals surface area contributed by atoms with Crippen molar-refractivity contribution in [1.29, 1.82) is 0 Å². The summed E-state index contributed by atoms with van der Waals surface area (Å²) in [5.41, 5.74) is 3.69. The highest BCUT2D eigenvalue weighted by Crippen LogP contribution is 2.39. The summed E-state index contributed by atoms with van der Waals surface area (Å²) in [4.78, 5) is 42.5. The Hall–Kier alpha value is -4.18. The molecular weight excluding hydrogens is 545 g/mol. The number of amides is 1. The third-order valence-electron chi connectivity index (χ3n) is 8.37. The number of carbonyl (C=O) groups excluding carboxylic acids is 1. The van der Waals surface area contributed by atoms with Crippen LogP contribution in [0.4, 0.5) is 10.2 Å². The highest BCUT2D eigenvalue weighted by atomic mass is 35.5. The summed E-state index contributed by atoms with van der Waals surface area (Å²) in [7, 11) is 0. The zero-order chi connectivity index (χ0) is 28.1. The summed E-state index contributed by atoms with van der Waals surface area (Å²) in [6.07, 6.45) is 6.97. The van der Waals surface area contributed by atoms with Crippen LogP contribution < -0.4 is 10.6 Å². The van der Waals surface area contributed by atoms with Gasteiger partial charge in [-0.2, -0.15) is 0 Å². The quantitative estimate of drug-likeness (QED) is 0.319. The summed E-state index contributed by atoms with van der Waals surface area (Å²) in [5, 5.41) is 1.11. The lowest BCUT2D eigenvalue weighted by Crippen LogP contribution is -2.41. The number of H-pyrrole nitrogens is 1. The van der Waals surface area contributed by atoms with Crippen LogP contribution in [0, 0.1) is 5.82 Å². The first-order valence-electron chi connectivity index (χ1n) is 14.0. The minimum absolute atomic E-state index is 0.0234. The van der Waals surface area contributed by atoms with Crippen LogP contribution in [0.5, 0.6) is 0 Å². The minimum atomic E-state index is -0.410. The first kappa shape index (κ1) is 25.8. The number of anilines is 1. The number of benzene rings is 2. The number of nitrogens with one attached hydrogen (secondary N) is 1. The van der Waals surface area contributed by atoms with Crippen molar-refractivity contribution in [1.82, 2.24) is 29.0 Å². The predicted octanol–water partition coefficient (Wildman–Crippen LogP) is 5.00. The molecule has 2 fully saturated rings. The molecule has 2 aromatic carbocycles. The number of piperidine rings is 1. The van der Waals surface area contributed by atoms with Gasteiger partial charge in [-0.3, -0.25) is 9.36 Å². The number of carbonyl (C=O) groups is 1. The summed E-state index contributed by atoms with van der Waals surface area (Å²) < 4.78 is 17.6. The van der Waals surface area contributed by atoms with E-state index in [0.717, 1.165) is 53.7 Å². The molecule has 0 spiro atoms. The average Bonchev–Trinajstić information content (AvgIpc) is 3.71. The van der Waals surface area contributed by atoms with Crippen LogP contribution in [0.25, 0.3) is 33.2 Å². The van der Waals surface area contributed by atoms with Gasteiger partial charge in [-0.25, -0.2) is 19.2 Å². The summed E-state index contributed by atoms with van der Waals surface area (Å²) in [6.45, 7) is 2.99. The van der Waals surface area contributed by atoms with E-state index in [4.69, 9.17) is 11.6 Å². The first-order valence-corrected chi connectivity index (χ1v) is 14.4. The molecule has 1 amide bonds. The zero-order valence-corrected chi connectivity index (χ0v) is 23.1. The number of para-hydroxylation sites is 2. The van der Waals surface area contributed by atoms with Crippen LogP contribution in [0.1, 0.15) is 31.7 Å². The topological polar surface area (TPSA) is 92.1 Å². The monoisotopic (exact) mass is 573 g/mol. The highest BCUT2D eigenvalue weighted by molar-refractivity contribution is 6.33. The van der Waals surface area contributed by atoms with Gasteiger partial charge in [0.1, 0.15) is 30.2 Å². The van der Waals surface area contributed by atoms with Crippen molar-refractivity contribution in [2.24, 2.45) is 0 Å². The molecule has 9 nitrogen and oxygen atoms in total. The second-order valence-corrected chi connectivity index (χ2v) is 11.2. The van der Waals surface area contributed by atoms with E-state index in [1.54, 1.807) is 6.07 Å². The van der Waals surface area contributed by atoms with Crippen molar-refractivity contribution < 1.29 is 9.18 Å². The summed E-state index contributed by atoms with van der Waals surface area (Å²) >= 11 is 6.51. The fourth-order valence-corrected chi connectivity index (χ4v) is 6.63. The molecule has 1 N–H and O–H groups in total. The Morgan fingerprint density at radius 1 is 1.02 bits per heavy atom. The molecule has 0 unspecified atom stereocenters. The normalized spacial score (nSPS) is 16.3. The number of fused-ring (bicyclic) bond motifs is 2. The average molecular weight is 574 g/mol. The number of imidazole rings is 1. The van der Waals surface area contributed by atoms with Gasteiger partial charge in [-0.05, 0) is 56.0 Å². The van der Waals surface area contributed by atoms with E-state index in [9.17, 15) is 14.0 Å². The zero-order valence-electron chi connectivity index (χ0n) is 22.4.